The Hall–Kier alpha value is -1.42. The Kier molecular flexibility index (Phi) is 3.19. The third-order valence-corrected chi connectivity index (χ3v) is 2.06. The van der Waals surface area contributed by atoms with Gasteiger partial charge in [0.2, 0.25) is 5.91 Å². The predicted molar refractivity (Wildman–Crippen MR) is 51.9 cm³/mol. The number of aryl methyl sites for hydroxylation is 1. The smallest absolute Gasteiger partial charge is 0.219 e. The van der Waals surface area contributed by atoms with Crippen LogP contribution in [0.5, 0.6) is 0 Å². The van der Waals surface area contributed by atoms with Crippen molar-refractivity contribution in [2.24, 2.45) is 11.5 Å². The molecule has 0 bridgehead atoms. The van der Waals surface area contributed by atoms with Gasteiger partial charge in [-0.05, 0) is 30.2 Å². The maximum atomic E-state index is 12.9. The van der Waals surface area contributed by atoms with Crippen LogP contribution in [0.4, 0.5) is 4.39 Å². The fourth-order valence-electron chi connectivity index (χ4n) is 1.34. The molecular formula is C10H13FN2O. The Morgan fingerprint density at radius 3 is 2.79 bits per heavy atom. The van der Waals surface area contributed by atoms with Crippen LogP contribution in [0.1, 0.15) is 23.6 Å². The minimum atomic E-state index is -0.525. The minimum absolute atomic E-state index is 0.0320. The molecule has 0 spiro atoms. The number of primary amides is 1. The molecule has 76 valence electrons. The second-order valence-corrected chi connectivity index (χ2v) is 3.28. The summed E-state index contributed by atoms with van der Waals surface area (Å²) in [5.41, 5.74) is 12.2. The quantitative estimate of drug-likeness (QED) is 0.757. The molecule has 0 unspecified atom stereocenters. The topological polar surface area (TPSA) is 69.1 Å². The molecule has 4 heteroatoms. The summed E-state index contributed by atoms with van der Waals surface area (Å²) in [7, 11) is 0. The number of hydrogen-bond donors (Lipinski definition) is 2. The number of benzene rings is 1. The van der Waals surface area contributed by atoms with E-state index in [0.717, 1.165) is 5.56 Å². The van der Waals surface area contributed by atoms with E-state index in [-0.39, 0.29) is 12.2 Å². The summed E-state index contributed by atoms with van der Waals surface area (Å²) < 4.78 is 12.9. The van der Waals surface area contributed by atoms with Gasteiger partial charge < -0.3 is 11.5 Å². The van der Waals surface area contributed by atoms with E-state index >= 15 is 0 Å². The number of hydrogen-bond acceptors (Lipinski definition) is 2. The Morgan fingerprint density at radius 2 is 2.21 bits per heavy atom. The van der Waals surface area contributed by atoms with Crippen molar-refractivity contribution in [2.45, 2.75) is 19.4 Å². The van der Waals surface area contributed by atoms with Crippen molar-refractivity contribution < 1.29 is 9.18 Å². The number of carbonyl (C=O) groups excluding carboxylic acids is 1. The summed E-state index contributed by atoms with van der Waals surface area (Å²) in [4.78, 5) is 10.6. The van der Waals surface area contributed by atoms with Crippen molar-refractivity contribution in [1.29, 1.82) is 0 Å². The fraction of sp³-hybridized carbons (Fsp3) is 0.300. The van der Waals surface area contributed by atoms with Crippen molar-refractivity contribution in [3.8, 4) is 0 Å². The lowest BCUT2D eigenvalue weighted by molar-refractivity contribution is -0.118. The lowest BCUT2D eigenvalue weighted by atomic mass is 9.99. The highest BCUT2D eigenvalue weighted by molar-refractivity contribution is 5.74. The second-order valence-electron chi connectivity index (χ2n) is 3.28. The molecule has 0 heterocycles. The Bertz CT molecular complexity index is 352. The van der Waals surface area contributed by atoms with Crippen LogP contribution in [0, 0.1) is 12.7 Å². The lowest BCUT2D eigenvalue weighted by Gasteiger charge is -2.12. The fourth-order valence-corrected chi connectivity index (χ4v) is 1.34. The first-order valence-corrected chi connectivity index (χ1v) is 4.30. The standard InChI is InChI=1S/C10H13FN2O/c1-6-2-3-7(11)4-8(6)9(12)5-10(13)14/h2-4,9H,5,12H2,1H3,(H2,13,14)/t9-/m1/s1. The van der Waals surface area contributed by atoms with Gasteiger partial charge in [-0.15, -0.1) is 0 Å². The SMILES string of the molecule is Cc1ccc(F)cc1[C@H](N)CC(N)=O. The van der Waals surface area contributed by atoms with Gasteiger partial charge in [0.05, 0.1) is 0 Å². The van der Waals surface area contributed by atoms with Gasteiger partial charge in [-0.25, -0.2) is 4.39 Å². The molecule has 0 aliphatic rings. The predicted octanol–water partition coefficient (Wildman–Crippen LogP) is 1.01. The number of halogens is 1. The van der Waals surface area contributed by atoms with Crippen LogP contribution in [0.25, 0.3) is 0 Å². The van der Waals surface area contributed by atoms with Gasteiger partial charge in [0.25, 0.3) is 0 Å². The van der Waals surface area contributed by atoms with E-state index in [1.807, 2.05) is 6.92 Å². The second kappa shape index (κ2) is 4.19. The van der Waals surface area contributed by atoms with Crippen LogP contribution in [0.3, 0.4) is 0 Å². The van der Waals surface area contributed by atoms with E-state index in [2.05, 4.69) is 0 Å². The van der Waals surface area contributed by atoms with E-state index in [1.54, 1.807) is 6.07 Å². The van der Waals surface area contributed by atoms with Crippen molar-refractivity contribution >= 4 is 5.91 Å². The highest BCUT2D eigenvalue weighted by Crippen LogP contribution is 2.19. The average molecular weight is 196 g/mol. The molecular weight excluding hydrogens is 183 g/mol. The molecule has 14 heavy (non-hydrogen) atoms. The highest BCUT2D eigenvalue weighted by atomic mass is 19.1. The summed E-state index contributed by atoms with van der Waals surface area (Å²) in [5, 5.41) is 0. The van der Waals surface area contributed by atoms with Crippen molar-refractivity contribution in [1.82, 2.24) is 0 Å². The maximum absolute atomic E-state index is 12.9. The summed E-state index contributed by atoms with van der Waals surface area (Å²) in [6.07, 6.45) is 0.0320. The molecule has 0 aliphatic heterocycles. The third kappa shape index (κ3) is 2.53. The van der Waals surface area contributed by atoms with Crippen LogP contribution < -0.4 is 11.5 Å². The average Bonchev–Trinajstić information content (AvgIpc) is 2.08. The molecule has 0 saturated carbocycles. The maximum Gasteiger partial charge on any atom is 0.219 e. The van der Waals surface area contributed by atoms with Gasteiger partial charge in [-0.1, -0.05) is 6.07 Å². The normalized spacial score (nSPS) is 12.5. The van der Waals surface area contributed by atoms with Gasteiger partial charge in [0.1, 0.15) is 5.82 Å². The molecule has 1 aromatic carbocycles. The van der Waals surface area contributed by atoms with E-state index in [1.165, 1.54) is 12.1 Å². The molecule has 1 aromatic rings. The van der Waals surface area contributed by atoms with E-state index in [0.29, 0.717) is 5.56 Å². The molecule has 4 N–H and O–H groups in total. The van der Waals surface area contributed by atoms with E-state index < -0.39 is 11.9 Å². The van der Waals surface area contributed by atoms with Crippen molar-refractivity contribution in [2.75, 3.05) is 0 Å². The van der Waals surface area contributed by atoms with Gasteiger partial charge in [-0.2, -0.15) is 0 Å². The number of nitrogens with two attached hydrogens (primary N) is 2. The van der Waals surface area contributed by atoms with E-state index in [9.17, 15) is 9.18 Å². The Balaban J connectivity index is 2.93. The van der Waals surface area contributed by atoms with Crippen molar-refractivity contribution in [3.05, 3.63) is 35.1 Å². The van der Waals surface area contributed by atoms with Crippen molar-refractivity contribution in [3.63, 3.8) is 0 Å². The van der Waals surface area contributed by atoms with Crippen LogP contribution in [0.2, 0.25) is 0 Å². The van der Waals surface area contributed by atoms with Gasteiger partial charge in [0.15, 0.2) is 0 Å². The largest absolute Gasteiger partial charge is 0.370 e. The summed E-state index contributed by atoms with van der Waals surface area (Å²) in [5.74, 6) is -0.841. The van der Waals surface area contributed by atoms with Crippen LogP contribution >= 0.6 is 0 Å². The molecule has 0 aromatic heterocycles. The monoisotopic (exact) mass is 196 g/mol. The summed E-state index contributed by atoms with van der Waals surface area (Å²) in [6, 6.07) is 3.80. The molecule has 1 rings (SSSR count). The van der Waals surface area contributed by atoms with Crippen LogP contribution in [-0.2, 0) is 4.79 Å². The molecule has 1 amide bonds. The Labute approximate surface area is 81.9 Å². The van der Waals surface area contributed by atoms with Gasteiger partial charge in [-0.3, -0.25) is 4.79 Å². The first-order valence-electron chi connectivity index (χ1n) is 4.30. The molecule has 0 aliphatic carbocycles. The first-order chi connectivity index (χ1) is 6.50. The molecule has 0 fully saturated rings. The summed E-state index contributed by atoms with van der Waals surface area (Å²) in [6.45, 7) is 1.82. The zero-order chi connectivity index (χ0) is 10.7. The highest BCUT2D eigenvalue weighted by Gasteiger charge is 2.12. The number of amides is 1. The van der Waals surface area contributed by atoms with Gasteiger partial charge >= 0.3 is 0 Å². The van der Waals surface area contributed by atoms with Crippen LogP contribution in [0.15, 0.2) is 18.2 Å². The Morgan fingerprint density at radius 1 is 1.57 bits per heavy atom. The molecule has 1 atom stereocenters. The van der Waals surface area contributed by atoms with E-state index in [4.69, 9.17) is 11.5 Å². The zero-order valence-electron chi connectivity index (χ0n) is 7.96. The van der Waals surface area contributed by atoms with Gasteiger partial charge in [0, 0.05) is 12.5 Å². The third-order valence-electron chi connectivity index (χ3n) is 2.06. The minimum Gasteiger partial charge on any atom is -0.370 e. The molecule has 0 saturated heterocycles. The number of carbonyl (C=O) groups is 1. The molecule has 0 radical (unpaired) electrons. The lowest BCUT2D eigenvalue weighted by Crippen LogP contribution is -2.21. The van der Waals surface area contributed by atoms with Crippen LogP contribution in [-0.4, -0.2) is 5.91 Å². The number of rotatable bonds is 3. The first kappa shape index (κ1) is 10.7. The zero-order valence-corrected chi connectivity index (χ0v) is 7.96. The summed E-state index contributed by atoms with van der Waals surface area (Å²) >= 11 is 0. The molecule has 3 nitrogen and oxygen atoms in total.